The first kappa shape index (κ1) is 37.3. The van der Waals surface area contributed by atoms with E-state index >= 15 is 13.2 Å². The van der Waals surface area contributed by atoms with Crippen LogP contribution in [0.3, 0.4) is 0 Å². The van der Waals surface area contributed by atoms with Gasteiger partial charge < -0.3 is 5.11 Å². The van der Waals surface area contributed by atoms with Crippen LogP contribution in [0.5, 0.6) is 5.75 Å². The zero-order valence-corrected chi connectivity index (χ0v) is 31.1. The van der Waals surface area contributed by atoms with Gasteiger partial charge in [0.15, 0.2) is 0 Å². The first-order chi connectivity index (χ1) is 25.1. The summed E-state index contributed by atoms with van der Waals surface area (Å²) in [5.74, 6) is -1.07. The van der Waals surface area contributed by atoms with E-state index in [1.807, 2.05) is 133 Å². The lowest BCUT2D eigenvalue weighted by Gasteiger charge is -2.28. The van der Waals surface area contributed by atoms with Crippen molar-refractivity contribution >= 4 is 11.9 Å². The predicted molar refractivity (Wildman–Crippen MR) is 212 cm³/mol. The molecule has 0 aliphatic heterocycles. The highest BCUT2D eigenvalue weighted by Crippen LogP contribution is 2.48. The van der Waals surface area contributed by atoms with Crippen molar-refractivity contribution in [3.63, 3.8) is 0 Å². The van der Waals surface area contributed by atoms with Crippen LogP contribution in [-0.4, -0.2) is 11.3 Å². The van der Waals surface area contributed by atoms with Crippen LogP contribution in [0.1, 0.15) is 109 Å². The Labute approximate surface area is 311 Å². The highest BCUT2D eigenvalue weighted by molar-refractivity contribution is 5.88. The average molecular weight is 710 g/mol. The van der Waals surface area contributed by atoms with Crippen LogP contribution in [0.4, 0.5) is 18.9 Å². The zero-order chi connectivity index (χ0) is 38.0. The molecule has 5 heteroatoms. The summed E-state index contributed by atoms with van der Waals surface area (Å²) < 4.78 is 45.5. The minimum Gasteiger partial charge on any atom is -0.507 e. The van der Waals surface area contributed by atoms with Gasteiger partial charge in [-0.2, -0.15) is 13.2 Å². The Morgan fingerprint density at radius 1 is 0.509 bits per heavy atom. The summed E-state index contributed by atoms with van der Waals surface area (Å²) in [7, 11) is 0. The number of benzene rings is 6. The summed E-state index contributed by atoms with van der Waals surface area (Å²) in [4.78, 5) is 5.20. The summed E-state index contributed by atoms with van der Waals surface area (Å²) in [5, 5.41) is 11.8. The Morgan fingerprint density at radius 3 is 1.21 bits per heavy atom. The summed E-state index contributed by atoms with van der Waals surface area (Å²) in [5.41, 5.74) is 5.55. The van der Waals surface area contributed by atoms with Crippen LogP contribution >= 0.6 is 0 Å². The maximum Gasteiger partial charge on any atom is 0.416 e. The van der Waals surface area contributed by atoms with Crippen molar-refractivity contribution in [1.29, 1.82) is 0 Å². The monoisotopic (exact) mass is 709 g/mol. The van der Waals surface area contributed by atoms with Gasteiger partial charge in [0.05, 0.1) is 11.3 Å². The van der Waals surface area contributed by atoms with Crippen molar-refractivity contribution < 1.29 is 18.3 Å². The van der Waals surface area contributed by atoms with Gasteiger partial charge in [-0.15, -0.1) is 0 Å². The van der Waals surface area contributed by atoms with Crippen LogP contribution < -0.4 is 0 Å². The number of hydrogen-bond donors (Lipinski definition) is 1. The van der Waals surface area contributed by atoms with Crippen molar-refractivity contribution in [1.82, 2.24) is 0 Å². The molecule has 0 aromatic heterocycles. The number of rotatable bonds is 8. The normalized spacial score (nSPS) is 12.6. The van der Waals surface area contributed by atoms with Crippen LogP contribution in [-0.2, 0) is 17.0 Å². The third-order valence-electron chi connectivity index (χ3n) is 9.80. The van der Waals surface area contributed by atoms with Gasteiger partial charge in [-0.25, -0.2) is 0 Å². The number of phenols is 1. The molecule has 1 N–H and O–H groups in total. The Hall–Kier alpha value is -5.42. The van der Waals surface area contributed by atoms with E-state index in [4.69, 9.17) is 4.99 Å². The molecule has 0 aliphatic rings. The van der Waals surface area contributed by atoms with Gasteiger partial charge >= 0.3 is 6.18 Å². The maximum absolute atomic E-state index is 15.2. The highest BCUT2D eigenvalue weighted by atomic mass is 19.4. The van der Waals surface area contributed by atoms with Crippen molar-refractivity contribution in [3.8, 4) is 5.75 Å². The fourth-order valence-corrected chi connectivity index (χ4v) is 7.01. The Balaban J connectivity index is 1.75. The molecule has 0 amide bonds. The smallest absolute Gasteiger partial charge is 0.416 e. The number of alkyl halides is 3. The molecule has 270 valence electrons. The molecule has 6 rings (SSSR count). The van der Waals surface area contributed by atoms with E-state index in [-0.39, 0.29) is 16.6 Å². The third kappa shape index (κ3) is 8.30. The van der Waals surface area contributed by atoms with Gasteiger partial charge in [0.2, 0.25) is 0 Å². The van der Waals surface area contributed by atoms with Gasteiger partial charge in [0.1, 0.15) is 5.75 Å². The summed E-state index contributed by atoms with van der Waals surface area (Å²) in [6, 6.07) is 45.0. The zero-order valence-electron chi connectivity index (χ0n) is 31.1. The SMILES string of the molecule is CC(C)(C)c1cc(C=Nc2c(C(c3ccccc3)c3ccccc3)cc(C(F)(F)F)cc2C(c2ccccc2)c2ccccc2)c(O)c(C(C)(C)C)c1. The minimum atomic E-state index is -4.64. The molecule has 0 atom stereocenters. The van der Waals surface area contributed by atoms with E-state index in [9.17, 15) is 5.11 Å². The molecule has 0 radical (unpaired) electrons. The van der Waals surface area contributed by atoms with E-state index < -0.39 is 23.6 Å². The van der Waals surface area contributed by atoms with Gasteiger partial charge in [0, 0.05) is 29.2 Å². The molecule has 0 saturated heterocycles. The molecule has 0 aliphatic carbocycles. The number of nitrogens with zero attached hydrogens (tertiary/aromatic N) is 1. The van der Waals surface area contributed by atoms with E-state index in [1.54, 1.807) is 6.21 Å². The Kier molecular flexibility index (Phi) is 10.5. The lowest BCUT2D eigenvalue weighted by Crippen LogP contribution is -2.17. The van der Waals surface area contributed by atoms with E-state index in [1.165, 1.54) is 12.1 Å². The molecule has 0 spiro atoms. The lowest BCUT2D eigenvalue weighted by atomic mass is 9.78. The molecule has 0 bridgehead atoms. The van der Waals surface area contributed by atoms with Crippen LogP contribution in [0.25, 0.3) is 0 Å². The van der Waals surface area contributed by atoms with Gasteiger partial charge in [0.25, 0.3) is 0 Å². The molecule has 53 heavy (non-hydrogen) atoms. The molecule has 6 aromatic carbocycles. The summed E-state index contributed by atoms with van der Waals surface area (Å²) in [6.45, 7) is 12.5. The standard InChI is InChI=1S/C48H46F3NO/c1-46(2,3)37-27-36(45(53)41(30-37)47(4,5)6)31-52-44-39(42(32-19-11-7-12-20-32)33-21-13-8-14-22-33)28-38(48(49,50)51)29-40(44)43(34-23-15-9-16-24-34)35-25-17-10-18-26-35/h7-31,42-43,53H,1-6H3. The second-order valence-corrected chi connectivity index (χ2v) is 15.7. The van der Waals surface area contributed by atoms with E-state index in [0.717, 1.165) is 33.4 Å². The number of aromatic hydroxyl groups is 1. The molecular formula is C48H46F3NO. The lowest BCUT2D eigenvalue weighted by molar-refractivity contribution is -0.137. The second-order valence-electron chi connectivity index (χ2n) is 15.7. The Morgan fingerprint density at radius 2 is 0.887 bits per heavy atom. The third-order valence-corrected chi connectivity index (χ3v) is 9.80. The van der Waals surface area contributed by atoms with Gasteiger partial charge in [-0.3, -0.25) is 4.99 Å². The van der Waals surface area contributed by atoms with Crippen LogP contribution in [0.15, 0.2) is 151 Å². The maximum atomic E-state index is 15.2. The molecule has 0 unspecified atom stereocenters. The van der Waals surface area contributed by atoms with Crippen LogP contribution in [0.2, 0.25) is 0 Å². The number of halogens is 3. The molecule has 6 aromatic rings. The largest absolute Gasteiger partial charge is 0.507 e. The number of hydrogen-bond acceptors (Lipinski definition) is 2. The highest BCUT2D eigenvalue weighted by Gasteiger charge is 2.36. The molecule has 2 nitrogen and oxygen atoms in total. The second kappa shape index (κ2) is 14.9. The van der Waals surface area contributed by atoms with E-state index in [0.29, 0.717) is 22.4 Å². The molecule has 0 fully saturated rings. The summed E-state index contributed by atoms with van der Waals surface area (Å²) >= 11 is 0. The topological polar surface area (TPSA) is 32.6 Å². The predicted octanol–water partition coefficient (Wildman–Crippen LogP) is 13.1. The number of aliphatic imine (C=N–C) groups is 1. The molecule has 0 saturated carbocycles. The van der Waals surface area contributed by atoms with Crippen LogP contribution in [0, 0.1) is 0 Å². The minimum absolute atomic E-state index is 0.106. The van der Waals surface area contributed by atoms with Gasteiger partial charge in [-0.05, 0) is 68.0 Å². The van der Waals surface area contributed by atoms with Crippen molar-refractivity contribution in [2.24, 2.45) is 4.99 Å². The first-order valence-electron chi connectivity index (χ1n) is 18.0. The quantitative estimate of drug-likeness (QED) is 0.124. The van der Waals surface area contributed by atoms with Crippen molar-refractivity contribution in [3.05, 3.63) is 201 Å². The fourth-order valence-electron chi connectivity index (χ4n) is 7.01. The summed E-state index contributed by atoms with van der Waals surface area (Å²) in [6.07, 6.45) is -3.00. The number of phenolic OH excluding ortho intramolecular Hbond substituents is 1. The molecular weight excluding hydrogens is 664 g/mol. The fraction of sp³-hybridized carbons (Fsp3) is 0.229. The van der Waals surface area contributed by atoms with E-state index in [2.05, 4.69) is 41.5 Å². The van der Waals surface area contributed by atoms with Gasteiger partial charge in [-0.1, -0.05) is 169 Å². The Bertz CT molecular complexity index is 2000. The average Bonchev–Trinajstić information content (AvgIpc) is 3.12. The van der Waals surface area contributed by atoms with Crippen molar-refractivity contribution in [2.75, 3.05) is 0 Å². The molecule has 0 heterocycles. The van der Waals surface area contributed by atoms with Crippen molar-refractivity contribution in [2.45, 2.75) is 70.4 Å². The first-order valence-corrected chi connectivity index (χ1v) is 18.0.